The first-order chi connectivity index (χ1) is 8.34. The molecule has 2 aromatic carbocycles. The molecule has 1 fully saturated rings. The van der Waals surface area contributed by atoms with Crippen molar-refractivity contribution >= 4 is 5.71 Å². The molecule has 0 radical (unpaired) electrons. The maximum Gasteiger partial charge on any atom is 0.0697 e. The van der Waals surface area contributed by atoms with E-state index in [2.05, 4.69) is 36.4 Å². The summed E-state index contributed by atoms with van der Waals surface area (Å²) in [6, 6.07) is 14.9. The average Bonchev–Trinajstić information content (AvgIpc) is 3.18. The third-order valence-corrected chi connectivity index (χ3v) is 3.85. The normalized spacial score (nSPS) is 16.8. The van der Waals surface area contributed by atoms with E-state index in [1.807, 2.05) is 6.07 Å². The smallest absolute Gasteiger partial charge is 0.0697 e. The van der Waals surface area contributed by atoms with Crippen LogP contribution in [0.2, 0.25) is 0 Å². The molecule has 1 saturated carbocycles. The van der Waals surface area contributed by atoms with E-state index in [1.54, 1.807) is 0 Å². The lowest BCUT2D eigenvalue weighted by Gasteiger charge is -2.03. The van der Waals surface area contributed by atoms with Gasteiger partial charge in [0.15, 0.2) is 0 Å². The summed E-state index contributed by atoms with van der Waals surface area (Å²) in [5.41, 5.74) is 6.76. The number of benzene rings is 2. The van der Waals surface area contributed by atoms with Gasteiger partial charge in [0.25, 0.3) is 0 Å². The van der Waals surface area contributed by atoms with Crippen molar-refractivity contribution in [2.75, 3.05) is 0 Å². The summed E-state index contributed by atoms with van der Waals surface area (Å²) < 4.78 is 0. The molecule has 2 aromatic rings. The molecule has 0 bridgehead atoms. The van der Waals surface area contributed by atoms with Crippen molar-refractivity contribution in [1.29, 1.82) is 5.41 Å². The number of hydrogen-bond donors (Lipinski definition) is 1. The van der Waals surface area contributed by atoms with Gasteiger partial charge in [0, 0.05) is 11.1 Å². The van der Waals surface area contributed by atoms with Crippen molar-refractivity contribution in [3.63, 3.8) is 0 Å². The second-order valence-electron chi connectivity index (χ2n) is 5.00. The Hall–Kier alpha value is -1.89. The van der Waals surface area contributed by atoms with Gasteiger partial charge in [-0.05, 0) is 41.5 Å². The lowest BCUT2D eigenvalue weighted by Crippen LogP contribution is -1.95. The van der Waals surface area contributed by atoms with Gasteiger partial charge < -0.3 is 0 Å². The number of fused-ring (bicyclic) bond motifs is 3. The summed E-state index contributed by atoms with van der Waals surface area (Å²) in [7, 11) is 0. The van der Waals surface area contributed by atoms with Gasteiger partial charge in [0.1, 0.15) is 0 Å². The van der Waals surface area contributed by atoms with Crippen molar-refractivity contribution in [1.82, 2.24) is 0 Å². The van der Waals surface area contributed by atoms with E-state index in [9.17, 15) is 0 Å². The maximum absolute atomic E-state index is 8.27. The minimum absolute atomic E-state index is 0.693. The van der Waals surface area contributed by atoms with E-state index in [4.69, 9.17) is 5.41 Å². The molecular weight excluding hydrogens is 206 g/mol. The molecule has 1 N–H and O–H groups in total. The van der Waals surface area contributed by atoms with Gasteiger partial charge in [-0.25, -0.2) is 0 Å². The zero-order valence-corrected chi connectivity index (χ0v) is 9.53. The highest BCUT2D eigenvalue weighted by molar-refractivity contribution is 6.23. The maximum atomic E-state index is 8.27. The molecule has 0 unspecified atom stereocenters. The molecule has 2 aliphatic carbocycles. The van der Waals surface area contributed by atoms with Gasteiger partial charge in [-0.2, -0.15) is 0 Å². The predicted molar refractivity (Wildman–Crippen MR) is 69.8 cm³/mol. The molecule has 82 valence electrons. The van der Waals surface area contributed by atoms with Crippen molar-refractivity contribution in [3.05, 3.63) is 59.2 Å². The summed E-state index contributed by atoms with van der Waals surface area (Å²) in [5, 5.41) is 8.27. The molecule has 0 amide bonds. The summed E-state index contributed by atoms with van der Waals surface area (Å²) >= 11 is 0. The van der Waals surface area contributed by atoms with Crippen molar-refractivity contribution in [2.45, 2.75) is 18.8 Å². The van der Waals surface area contributed by atoms with Gasteiger partial charge in [0.2, 0.25) is 0 Å². The van der Waals surface area contributed by atoms with Gasteiger partial charge in [0.05, 0.1) is 5.71 Å². The third kappa shape index (κ3) is 1.22. The second kappa shape index (κ2) is 3.07. The van der Waals surface area contributed by atoms with Crippen LogP contribution in [0.15, 0.2) is 42.5 Å². The van der Waals surface area contributed by atoms with E-state index in [0.29, 0.717) is 5.71 Å². The molecule has 4 rings (SSSR count). The van der Waals surface area contributed by atoms with Crippen molar-refractivity contribution < 1.29 is 0 Å². The minimum atomic E-state index is 0.693. The lowest BCUT2D eigenvalue weighted by atomic mass is 10.0. The highest BCUT2D eigenvalue weighted by Gasteiger charge is 2.28. The van der Waals surface area contributed by atoms with Crippen LogP contribution in [0, 0.1) is 5.41 Å². The molecule has 0 aromatic heterocycles. The number of rotatable bonds is 1. The predicted octanol–water partition coefficient (Wildman–Crippen LogP) is 3.96. The summed E-state index contributed by atoms with van der Waals surface area (Å²) in [6.07, 6.45) is 2.64. The van der Waals surface area contributed by atoms with Crippen LogP contribution < -0.4 is 0 Å². The minimum Gasteiger partial charge on any atom is -0.300 e. The number of hydrogen-bond acceptors (Lipinski definition) is 1. The standard InChI is InChI=1S/C16H13N/c17-16-14-4-2-1-3-12(14)13-8-7-11(9-15(13)16)10-5-6-10/h1-4,7-10,17H,5-6H2. The Kier molecular flexibility index (Phi) is 1.66. The Bertz CT molecular complexity index is 636. The first-order valence-corrected chi connectivity index (χ1v) is 6.17. The molecule has 0 heterocycles. The van der Waals surface area contributed by atoms with Crippen LogP contribution in [-0.2, 0) is 0 Å². The second-order valence-corrected chi connectivity index (χ2v) is 5.00. The topological polar surface area (TPSA) is 23.9 Å². The first kappa shape index (κ1) is 9.17. The molecule has 0 saturated heterocycles. The zero-order valence-electron chi connectivity index (χ0n) is 9.53. The SMILES string of the molecule is N=C1c2ccccc2-c2ccc(C3CC3)cc21. The summed E-state index contributed by atoms with van der Waals surface area (Å²) in [4.78, 5) is 0. The molecule has 0 aliphatic heterocycles. The summed E-state index contributed by atoms with van der Waals surface area (Å²) in [6.45, 7) is 0. The lowest BCUT2D eigenvalue weighted by molar-refractivity contribution is 1.13. The van der Waals surface area contributed by atoms with E-state index in [-0.39, 0.29) is 0 Å². The Balaban J connectivity index is 1.95. The first-order valence-electron chi connectivity index (χ1n) is 6.17. The molecule has 2 aliphatic rings. The van der Waals surface area contributed by atoms with Gasteiger partial charge in [-0.15, -0.1) is 0 Å². The Morgan fingerprint density at radius 3 is 2.29 bits per heavy atom. The fourth-order valence-corrected chi connectivity index (χ4v) is 2.76. The zero-order chi connectivity index (χ0) is 11.4. The molecule has 17 heavy (non-hydrogen) atoms. The Labute approximate surface area is 101 Å². The molecule has 1 nitrogen and oxygen atoms in total. The van der Waals surface area contributed by atoms with Crippen LogP contribution in [0.4, 0.5) is 0 Å². The van der Waals surface area contributed by atoms with Crippen LogP contribution >= 0.6 is 0 Å². The Morgan fingerprint density at radius 1 is 0.824 bits per heavy atom. The van der Waals surface area contributed by atoms with E-state index in [1.165, 1.54) is 29.5 Å². The largest absolute Gasteiger partial charge is 0.300 e. The van der Waals surface area contributed by atoms with Crippen LogP contribution in [0.25, 0.3) is 11.1 Å². The van der Waals surface area contributed by atoms with Crippen molar-refractivity contribution in [2.24, 2.45) is 0 Å². The highest BCUT2D eigenvalue weighted by Crippen LogP contribution is 2.43. The Morgan fingerprint density at radius 2 is 1.53 bits per heavy atom. The van der Waals surface area contributed by atoms with Crippen LogP contribution in [0.3, 0.4) is 0 Å². The molecular formula is C16H13N. The molecule has 0 atom stereocenters. The van der Waals surface area contributed by atoms with E-state index >= 15 is 0 Å². The molecule has 1 heteroatoms. The fraction of sp³-hybridized carbons (Fsp3) is 0.188. The average molecular weight is 219 g/mol. The number of nitrogens with one attached hydrogen (secondary N) is 1. The van der Waals surface area contributed by atoms with Crippen LogP contribution in [-0.4, -0.2) is 5.71 Å². The van der Waals surface area contributed by atoms with Crippen LogP contribution in [0.1, 0.15) is 35.4 Å². The summed E-state index contributed by atoms with van der Waals surface area (Å²) in [5.74, 6) is 0.761. The van der Waals surface area contributed by atoms with E-state index < -0.39 is 0 Å². The van der Waals surface area contributed by atoms with E-state index in [0.717, 1.165) is 17.0 Å². The van der Waals surface area contributed by atoms with Gasteiger partial charge in [-0.1, -0.05) is 36.4 Å². The van der Waals surface area contributed by atoms with Gasteiger partial charge >= 0.3 is 0 Å². The highest BCUT2D eigenvalue weighted by atomic mass is 14.5. The monoisotopic (exact) mass is 219 g/mol. The van der Waals surface area contributed by atoms with Crippen LogP contribution in [0.5, 0.6) is 0 Å². The van der Waals surface area contributed by atoms with Crippen molar-refractivity contribution in [3.8, 4) is 11.1 Å². The van der Waals surface area contributed by atoms with Gasteiger partial charge in [-0.3, -0.25) is 5.41 Å². The third-order valence-electron chi connectivity index (χ3n) is 3.85. The quantitative estimate of drug-likeness (QED) is 0.640. The fourth-order valence-electron chi connectivity index (χ4n) is 2.76. The molecule has 0 spiro atoms.